The zero-order valence-electron chi connectivity index (χ0n) is 6.56. The van der Waals surface area contributed by atoms with Gasteiger partial charge in [-0.25, -0.2) is 0 Å². The first kappa shape index (κ1) is 8.47. The van der Waals surface area contributed by atoms with Crippen molar-refractivity contribution in [3.05, 3.63) is 0 Å². The molecule has 0 saturated heterocycles. The van der Waals surface area contributed by atoms with E-state index in [9.17, 15) is 4.79 Å². The molecule has 0 rings (SSSR count). The van der Waals surface area contributed by atoms with E-state index in [1.54, 1.807) is 6.92 Å². The Labute approximate surface area is 56.6 Å². The lowest BCUT2D eigenvalue weighted by Crippen LogP contribution is -2.34. The van der Waals surface area contributed by atoms with E-state index in [1.807, 2.05) is 6.92 Å². The van der Waals surface area contributed by atoms with Crippen molar-refractivity contribution in [2.24, 2.45) is 5.92 Å². The normalized spacial score (nSPS) is 13.4. The Kier molecular flexibility index (Phi) is 3.28. The first-order chi connectivity index (χ1) is 4.04. The fourth-order valence-corrected chi connectivity index (χ4v) is 0.487. The van der Waals surface area contributed by atoms with E-state index in [-0.39, 0.29) is 5.91 Å². The fraction of sp³-hybridized carbons (Fsp3) is 0.857. The molecule has 0 aliphatic heterocycles. The van der Waals surface area contributed by atoms with Crippen LogP contribution in [0.4, 0.5) is 0 Å². The molecule has 0 aromatic carbocycles. The van der Waals surface area contributed by atoms with Crippen molar-refractivity contribution in [3.8, 4) is 0 Å². The molecule has 0 aromatic rings. The van der Waals surface area contributed by atoms with Crippen LogP contribution in [0.2, 0.25) is 0 Å². The molecule has 2 heteroatoms. The van der Waals surface area contributed by atoms with Crippen LogP contribution in [0.1, 0.15) is 27.7 Å². The summed E-state index contributed by atoms with van der Waals surface area (Å²) in [6.07, 6.45) is 0. The highest BCUT2D eigenvalue weighted by Crippen LogP contribution is 1.98. The average Bonchev–Trinajstić information content (AvgIpc) is 1.63. The lowest BCUT2D eigenvalue weighted by atomic mass is 10.1. The van der Waals surface area contributed by atoms with Crippen molar-refractivity contribution in [2.75, 3.05) is 0 Å². The molecule has 1 N–H and O–H groups in total. The van der Waals surface area contributed by atoms with Gasteiger partial charge in [0.1, 0.15) is 0 Å². The van der Waals surface area contributed by atoms with E-state index >= 15 is 0 Å². The second-order valence-corrected chi connectivity index (χ2v) is 2.73. The van der Waals surface area contributed by atoms with E-state index < -0.39 is 0 Å². The molecule has 0 spiro atoms. The summed E-state index contributed by atoms with van der Waals surface area (Å²) in [4.78, 5) is 10.4. The first-order valence-electron chi connectivity index (χ1n) is 3.31. The van der Waals surface area contributed by atoms with Crippen LogP contribution in [0, 0.1) is 5.92 Å². The molecular formula is C7H15NO. The minimum absolute atomic E-state index is 0.0520. The lowest BCUT2D eigenvalue weighted by molar-refractivity contribution is -0.119. The van der Waals surface area contributed by atoms with Gasteiger partial charge in [0.2, 0.25) is 5.91 Å². The fourth-order valence-electron chi connectivity index (χ4n) is 0.487. The zero-order chi connectivity index (χ0) is 7.44. The first-order valence-corrected chi connectivity index (χ1v) is 3.31. The number of nitrogens with one attached hydrogen (secondary N) is 1. The minimum Gasteiger partial charge on any atom is -0.354 e. The van der Waals surface area contributed by atoms with Gasteiger partial charge in [-0.1, -0.05) is 13.8 Å². The third kappa shape index (κ3) is 4.01. The Morgan fingerprint density at radius 2 is 1.78 bits per heavy atom. The molecule has 0 saturated carbocycles. The molecule has 0 bridgehead atoms. The standard InChI is InChI=1S/C7H15NO/c1-5(2)6(3)8-7(4)9/h5-6H,1-4H3,(H,8,9)/t6-/m0/s1. The summed E-state index contributed by atoms with van der Waals surface area (Å²) in [5, 5.41) is 2.80. The van der Waals surface area contributed by atoms with Crippen molar-refractivity contribution in [2.45, 2.75) is 33.7 Å². The highest BCUT2D eigenvalue weighted by Gasteiger charge is 2.05. The summed E-state index contributed by atoms with van der Waals surface area (Å²) in [7, 11) is 0. The van der Waals surface area contributed by atoms with Crippen molar-refractivity contribution >= 4 is 5.91 Å². The van der Waals surface area contributed by atoms with Gasteiger partial charge in [0.25, 0.3) is 0 Å². The number of carbonyl (C=O) groups excluding carboxylic acids is 1. The molecule has 0 radical (unpaired) electrons. The monoisotopic (exact) mass is 129 g/mol. The zero-order valence-corrected chi connectivity index (χ0v) is 6.56. The predicted molar refractivity (Wildman–Crippen MR) is 38.1 cm³/mol. The molecule has 0 unspecified atom stereocenters. The quantitative estimate of drug-likeness (QED) is 0.595. The van der Waals surface area contributed by atoms with Crippen LogP contribution in [-0.4, -0.2) is 11.9 Å². The van der Waals surface area contributed by atoms with E-state index in [2.05, 4.69) is 19.2 Å². The minimum atomic E-state index is 0.0520. The van der Waals surface area contributed by atoms with Crippen LogP contribution in [0.5, 0.6) is 0 Å². The molecule has 0 aromatic heterocycles. The average molecular weight is 129 g/mol. The van der Waals surface area contributed by atoms with Gasteiger partial charge in [0.05, 0.1) is 0 Å². The molecular weight excluding hydrogens is 114 g/mol. The SMILES string of the molecule is CC(=O)N[C@@H](C)C(C)C. The number of carbonyl (C=O) groups is 1. The lowest BCUT2D eigenvalue weighted by Gasteiger charge is -2.15. The van der Waals surface area contributed by atoms with Gasteiger partial charge in [0, 0.05) is 13.0 Å². The molecule has 2 nitrogen and oxygen atoms in total. The summed E-state index contributed by atoms with van der Waals surface area (Å²) in [5.74, 6) is 0.574. The number of amides is 1. The smallest absolute Gasteiger partial charge is 0.217 e. The van der Waals surface area contributed by atoms with Crippen LogP contribution in [-0.2, 0) is 4.79 Å². The van der Waals surface area contributed by atoms with Gasteiger partial charge in [-0.15, -0.1) is 0 Å². The summed E-state index contributed by atoms with van der Waals surface area (Å²) in [6, 6.07) is 0.294. The largest absolute Gasteiger partial charge is 0.354 e. The number of hydrogen-bond acceptors (Lipinski definition) is 1. The third-order valence-corrected chi connectivity index (χ3v) is 1.43. The van der Waals surface area contributed by atoms with Crippen LogP contribution in [0.25, 0.3) is 0 Å². The summed E-state index contributed by atoms with van der Waals surface area (Å²) >= 11 is 0. The summed E-state index contributed by atoms with van der Waals surface area (Å²) in [5.41, 5.74) is 0. The van der Waals surface area contributed by atoms with Crippen molar-refractivity contribution in [1.29, 1.82) is 0 Å². The van der Waals surface area contributed by atoms with Crippen LogP contribution in [0.15, 0.2) is 0 Å². The van der Waals surface area contributed by atoms with Gasteiger partial charge in [-0.05, 0) is 12.8 Å². The molecule has 0 aliphatic carbocycles. The van der Waals surface area contributed by atoms with Gasteiger partial charge in [-0.2, -0.15) is 0 Å². The summed E-state index contributed by atoms with van der Waals surface area (Å²) < 4.78 is 0. The van der Waals surface area contributed by atoms with E-state index in [0.29, 0.717) is 12.0 Å². The van der Waals surface area contributed by atoms with Crippen molar-refractivity contribution in [3.63, 3.8) is 0 Å². The third-order valence-electron chi connectivity index (χ3n) is 1.43. The molecule has 0 fully saturated rings. The Balaban J connectivity index is 3.50. The Morgan fingerprint density at radius 3 is 1.89 bits per heavy atom. The highest BCUT2D eigenvalue weighted by molar-refractivity contribution is 5.73. The molecule has 0 heterocycles. The highest BCUT2D eigenvalue weighted by atomic mass is 16.1. The molecule has 0 aliphatic rings. The van der Waals surface area contributed by atoms with Crippen LogP contribution < -0.4 is 5.32 Å². The molecule has 54 valence electrons. The van der Waals surface area contributed by atoms with Gasteiger partial charge >= 0.3 is 0 Å². The van der Waals surface area contributed by atoms with Crippen LogP contribution in [0.3, 0.4) is 0 Å². The maximum Gasteiger partial charge on any atom is 0.217 e. The second-order valence-electron chi connectivity index (χ2n) is 2.73. The van der Waals surface area contributed by atoms with E-state index in [4.69, 9.17) is 0 Å². The second kappa shape index (κ2) is 3.49. The number of hydrogen-bond donors (Lipinski definition) is 1. The number of rotatable bonds is 2. The van der Waals surface area contributed by atoms with Gasteiger partial charge < -0.3 is 5.32 Å². The summed E-state index contributed by atoms with van der Waals surface area (Å²) in [6.45, 7) is 7.71. The molecule has 9 heavy (non-hydrogen) atoms. The van der Waals surface area contributed by atoms with Crippen LogP contribution >= 0.6 is 0 Å². The van der Waals surface area contributed by atoms with E-state index in [0.717, 1.165) is 0 Å². The maximum absolute atomic E-state index is 10.4. The van der Waals surface area contributed by atoms with Crippen molar-refractivity contribution < 1.29 is 4.79 Å². The predicted octanol–water partition coefficient (Wildman–Crippen LogP) is 1.17. The Hall–Kier alpha value is -0.530. The van der Waals surface area contributed by atoms with Gasteiger partial charge in [0.15, 0.2) is 0 Å². The van der Waals surface area contributed by atoms with Crippen molar-refractivity contribution in [1.82, 2.24) is 5.32 Å². The topological polar surface area (TPSA) is 29.1 Å². The molecule has 1 amide bonds. The maximum atomic E-state index is 10.4. The Bertz CT molecular complexity index is 99.1. The van der Waals surface area contributed by atoms with Gasteiger partial charge in [-0.3, -0.25) is 4.79 Å². The Morgan fingerprint density at radius 1 is 1.33 bits per heavy atom. The molecule has 1 atom stereocenters. The van der Waals surface area contributed by atoms with E-state index in [1.165, 1.54) is 0 Å².